The highest BCUT2D eigenvalue weighted by molar-refractivity contribution is 5.96. The van der Waals surface area contributed by atoms with Crippen molar-refractivity contribution >= 4 is 11.7 Å². The van der Waals surface area contributed by atoms with E-state index in [1.54, 1.807) is 7.11 Å². The number of aryl methyl sites for hydroxylation is 1. The molecule has 3 rings (SSSR count). The number of carbonyl (C=O) groups is 2. The van der Waals surface area contributed by atoms with Crippen molar-refractivity contribution in [3.63, 3.8) is 0 Å². The van der Waals surface area contributed by atoms with Crippen LogP contribution in [0, 0.1) is 5.92 Å². The molecule has 2 aliphatic rings. The molecule has 1 saturated heterocycles. The molecule has 2 unspecified atom stereocenters. The van der Waals surface area contributed by atoms with Gasteiger partial charge in [-0.15, -0.1) is 0 Å². The Labute approximate surface area is 155 Å². The van der Waals surface area contributed by atoms with E-state index in [-0.39, 0.29) is 11.7 Å². The van der Waals surface area contributed by atoms with Crippen molar-refractivity contribution in [1.29, 1.82) is 0 Å². The van der Waals surface area contributed by atoms with Crippen LogP contribution in [0.15, 0.2) is 24.3 Å². The average Bonchev–Trinajstić information content (AvgIpc) is 3.19. The normalized spacial score (nSPS) is 23.5. The highest BCUT2D eigenvalue weighted by Crippen LogP contribution is 2.33. The Morgan fingerprint density at radius 2 is 1.92 bits per heavy atom. The molecular weight excluding hydrogens is 330 g/mol. The van der Waals surface area contributed by atoms with E-state index in [0.717, 1.165) is 30.6 Å². The Morgan fingerprint density at radius 1 is 1.27 bits per heavy atom. The Bertz CT molecular complexity index is 630. The molecule has 0 aromatic heterocycles. The van der Waals surface area contributed by atoms with Gasteiger partial charge in [0.25, 0.3) is 0 Å². The lowest BCUT2D eigenvalue weighted by molar-refractivity contribution is -0.130. The zero-order valence-electron chi connectivity index (χ0n) is 15.8. The Hall–Kier alpha value is -1.88. The monoisotopic (exact) mass is 359 g/mol. The lowest BCUT2D eigenvalue weighted by Crippen LogP contribution is -2.47. The molecule has 1 saturated carbocycles. The molecule has 0 bridgehead atoms. The number of rotatable bonds is 9. The summed E-state index contributed by atoms with van der Waals surface area (Å²) in [4.78, 5) is 25.2. The molecule has 1 aliphatic carbocycles. The first-order valence-corrected chi connectivity index (χ1v) is 9.61. The lowest BCUT2D eigenvalue weighted by Gasteiger charge is -2.22. The fraction of sp³-hybridized carbons (Fsp3) is 0.619. The Kier molecular flexibility index (Phi) is 5.97. The minimum atomic E-state index is -0.688. The number of epoxide rings is 1. The number of hydrogen-bond acceptors (Lipinski definition) is 4. The molecule has 1 amide bonds. The number of nitrogens with one attached hydrogen (secondary N) is 1. The van der Waals surface area contributed by atoms with Crippen LogP contribution in [-0.4, -0.2) is 37.0 Å². The molecule has 1 aromatic rings. The fourth-order valence-corrected chi connectivity index (χ4v) is 3.75. The number of Topliss-reactive ketones (excluding diaryl/α,β-unsaturated/α-hetero) is 1. The van der Waals surface area contributed by atoms with Gasteiger partial charge in [0.15, 0.2) is 5.78 Å². The topological polar surface area (TPSA) is 67.9 Å². The maximum atomic E-state index is 12.7. The molecule has 1 heterocycles. The van der Waals surface area contributed by atoms with E-state index in [4.69, 9.17) is 9.47 Å². The van der Waals surface area contributed by atoms with Gasteiger partial charge in [0.1, 0.15) is 11.4 Å². The van der Waals surface area contributed by atoms with Crippen molar-refractivity contribution in [1.82, 2.24) is 5.32 Å². The molecular formula is C21H29NO4. The molecule has 1 aromatic carbocycles. The van der Waals surface area contributed by atoms with Crippen LogP contribution >= 0.6 is 0 Å². The highest BCUT2D eigenvalue weighted by atomic mass is 16.6. The smallest absolute Gasteiger partial charge is 0.220 e. The third kappa shape index (κ3) is 4.85. The van der Waals surface area contributed by atoms with E-state index >= 15 is 0 Å². The first kappa shape index (κ1) is 18.9. The standard InChI is InChI=1S/C21H29NO4/c1-21(14-26-21)20(24)18(13-16-5-3-4-6-16)22-19(23)12-9-15-7-10-17(25-2)11-8-15/h7-8,10-11,16,18H,3-6,9,12-14H2,1-2H3,(H,22,23). The van der Waals surface area contributed by atoms with Gasteiger partial charge in [-0.2, -0.15) is 0 Å². The number of ether oxygens (including phenoxy) is 2. The van der Waals surface area contributed by atoms with E-state index in [0.29, 0.717) is 25.4 Å². The first-order valence-electron chi connectivity index (χ1n) is 9.61. The van der Waals surface area contributed by atoms with Gasteiger partial charge in [-0.05, 0) is 43.4 Å². The van der Waals surface area contributed by atoms with E-state index in [1.807, 2.05) is 31.2 Å². The van der Waals surface area contributed by atoms with Crippen LogP contribution in [-0.2, 0) is 20.7 Å². The van der Waals surface area contributed by atoms with E-state index in [2.05, 4.69) is 5.32 Å². The van der Waals surface area contributed by atoms with E-state index < -0.39 is 11.6 Å². The number of hydrogen-bond donors (Lipinski definition) is 1. The zero-order valence-corrected chi connectivity index (χ0v) is 15.8. The minimum Gasteiger partial charge on any atom is -0.497 e. The summed E-state index contributed by atoms with van der Waals surface area (Å²) in [5, 5.41) is 2.99. The average molecular weight is 359 g/mol. The van der Waals surface area contributed by atoms with Gasteiger partial charge < -0.3 is 14.8 Å². The fourth-order valence-electron chi connectivity index (χ4n) is 3.75. The molecule has 1 N–H and O–H groups in total. The number of ketones is 1. The van der Waals surface area contributed by atoms with Crippen LogP contribution in [0.25, 0.3) is 0 Å². The highest BCUT2D eigenvalue weighted by Gasteiger charge is 2.50. The molecule has 5 heteroatoms. The summed E-state index contributed by atoms with van der Waals surface area (Å²) in [6, 6.07) is 7.29. The second-order valence-electron chi connectivity index (χ2n) is 7.74. The van der Waals surface area contributed by atoms with Crippen LogP contribution in [0.5, 0.6) is 5.75 Å². The van der Waals surface area contributed by atoms with E-state index in [1.165, 1.54) is 12.8 Å². The first-order chi connectivity index (χ1) is 12.5. The van der Waals surface area contributed by atoms with Crippen molar-refractivity contribution in [2.75, 3.05) is 13.7 Å². The molecule has 2 atom stereocenters. The van der Waals surface area contributed by atoms with Crippen LogP contribution in [0.2, 0.25) is 0 Å². The molecule has 0 radical (unpaired) electrons. The van der Waals surface area contributed by atoms with Crippen molar-refractivity contribution in [3.05, 3.63) is 29.8 Å². The van der Waals surface area contributed by atoms with Crippen molar-refractivity contribution in [2.45, 2.75) is 63.5 Å². The second kappa shape index (κ2) is 8.21. The Balaban J connectivity index is 1.54. The quantitative estimate of drug-likeness (QED) is 0.688. The number of amides is 1. The van der Waals surface area contributed by atoms with Crippen LogP contribution in [0.3, 0.4) is 0 Å². The second-order valence-corrected chi connectivity index (χ2v) is 7.74. The van der Waals surface area contributed by atoms with Crippen molar-refractivity contribution in [3.8, 4) is 5.75 Å². The Morgan fingerprint density at radius 3 is 2.50 bits per heavy atom. The summed E-state index contributed by atoms with van der Waals surface area (Å²) in [5.41, 5.74) is 0.393. The van der Waals surface area contributed by atoms with Gasteiger partial charge in [0.2, 0.25) is 5.91 Å². The predicted molar refractivity (Wildman–Crippen MR) is 99.2 cm³/mol. The molecule has 142 valence electrons. The predicted octanol–water partition coefficient (Wildman–Crippen LogP) is 3.05. The van der Waals surface area contributed by atoms with Gasteiger partial charge in [-0.25, -0.2) is 0 Å². The molecule has 26 heavy (non-hydrogen) atoms. The van der Waals surface area contributed by atoms with E-state index in [9.17, 15) is 9.59 Å². The third-order valence-corrected chi connectivity index (χ3v) is 5.59. The van der Waals surface area contributed by atoms with Crippen LogP contribution < -0.4 is 10.1 Å². The number of carbonyl (C=O) groups excluding carboxylic acids is 2. The summed E-state index contributed by atoms with van der Waals surface area (Å²) < 4.78 is 10.5. The van der Waals surface area contributed by atoms with Crippen LogP contribution in [0.1, 0.15) is 51.0 Å². The van der Waals surface area contributed by atoms with Gasteiger partial charge in [-0.3, -0.25) is 9.59 Å². The maximum absolute atomic E-state index is 12.7. The third-order valence-electron chi connectivity index (χ3n) is 5.59. The summed E-state index contributed by atoms with van der Waals surface area (Å²) >= 11 is 0. The summed E-state index contributed by atoms with van der Waals surface area (Å²) in [6.45, 7) is 2.29. The minimum absolute atomic E-state index is 0.0298. The summed E-state index contributed by atoms with van der Waals surface area (Å²) in [6.07, 6.45) is 6.53. The SMILES string of the molecule is COc1ccc(CCC(=O)NC(CC2CCCC2)C(=O)C2(C)CO2)cc1. The largest absolute Gasteiger partial charge is 0.497 e. The molecule has 0 spiro atoms. The zero-order chi connectivity index (χ0) is 18.6. The number of benzene rings is 1. The maximum Gasteiger partial charge on any atom is 0.220 e. The van der Waals surface area contributed by atoms with Gasteiger partial charge >= 0.3 is 0 Å². The molecule has 5 nitrogen and oxygen atoms in total. The molecule has 1 aliphatic heterocycles. The molecule has 2 fully saturated rings. The van der Waals surface area contributed by atoms with Gasteiger partial charge in [0.05, 0.1) is 19.8 Å². The lowest BCUT2D eigenvalue weighted by atomic mass is 9.91. The van der Waals surface area contributed by atoms with Crippen LogP contribution in [0.4, 0.5) is 0 Å². The summed E-state index contributed by atoms with van der Waals surface area (Å²) in [7, 11) is 1.63. The van der Waals surface area contributed by atoms with Gasteiger partial charge in [0, 0.05) is 6.42 Å². The van der Waals surface area contributed by atoms with Gasteiger partial charge in [-0.1, -0.05) is 37.8 Å². The summed E-state index contributed by atoms with van der Waals surface area (Å²) in [5.74, 6) is 1.30. The van der Waals surface area contributed by atoms with Crippen molar-refractivity contribution < 1.29 is 19.1 Å². The number of methoxy groups -OCH3 is 1. The van der Waals surface area contributed by atoms with Crippen molar-refractivity contribution in [2.24, 2.45) is 5.92 Å².